The highest BCUT2D eigenvalue weighted by molar-refractivity contribution is 5.89. The third kappa shape index (κ3) is 4.26. The first kappa shape index (κ1) is 24.1. The molecule has 7 heteroatoms. The Kier molecular flexibility index (Phi) is 6.92. The van der Waals surface area contributed by atoms with Gasteiger partial charge in [0.1, 0.15) is 0 Å². The van der Waals surface area contributed by atoms with E-state index < -0.39 is 16.7 Å². The van der Waals surface area contributed by atoms with Gasteiger partial charge in [0.25, 0.3) is 0 Å². The molecule has 2 amide bonds. The van der Waals surface area contributed by atoms with Gasteiger partial charge in [-0.2, -0.15) is 5.26 Å². The third-order valence-electron chi connectivity index (χ3n) is 10.2. The van der Waals surface area contributed by atoms with Crippen molar-refractivity contribution in [3.8, 4) is 6.07 Å². The molecule has 34 heavy (non-hydrogen) atoms. The van der Waals surface area contributed by atoms with Gasteiger partial charge in [0.15, 0.2) is 0 Å². The fourth-order valence-electron chi connectivity index (χ4n) is 8.07. The van der Waals surface area contributed by atoms with Crippen LogP contribution in [0.4, 0.5) is 0 Å². The summed E-state index contributed by atoms with van der Waals surface area (Å²) in [6, 6.07) is 3.15. The molecule has 0 radical (unpaired) electrons. The SMILES string of the molecule is N#CC1(C(CC(=O)N2CCOCC2)(CC2C3CCCCC32)C(N)=O)CCN(C2CCCCC2)C1. The Morgan fingerprint density at radius 1 is 1.00 bits per heavy atom. The van der Waals surface area contributed by atoms with Crippen molar-refractivity contribution < 1.29 is 14.3 Å². The first-order valence-corrected chi connectivity index (χ1v) is 13.8. The van der Waals surface area contributed by atoms with Crippen molar-refractivity contribution >= 4 is 11.8 Å². The summed E-state index contributed by atoms with van der Waals surface area (Å²) in [5, 5.41) is 10.7. The molecule has 3 aliphatic carbocycles. The number of likely N-dealkylation sites (tertiary alicyclic amines) is 1. The summed E-state index contributed by atoms with van der Waals surface area (Å²) in [6.45, 7) is 3.57. The van der Waals surface area contributed by atoms with Gasteiger partial charge in [-0.25, -0.2) is 0 Å². The van der Waals surface area contributed by atoms with Gasteiger partial charge in [-0.3, -0.25) is 14.5 Å². The van der Waals surface area contributed by atoms with E-state index >= 15 is 0 Å². The zero-order valence-electron chi connectivity index (χ0n) is 20.7. The predicted molar refractivity (Wildman–Crippen MR) is 128 cm³/mol. The van der Waals surface area contributed by atoms with E-state index in [9.17, 15) is 14.9 Å². The van der Waals surface area contributed by atoms with Crippen molar-refractivity contribution in [2.24, 2.45) is 34.3 Å². The molecule has 2 heterocycles. The Labute approximate surface area is 204 Å². The summed E-state index contributed by atoms with van der Waals surface area (Å²) < 4.78 is 5.44. The highest BCUT2D eigenvalue weighted by atomic mass is 16.5. The number of hydrogen-bond acceptors (Lipinski definition) is 5. The van der Waals surface area contributed by atoms with Crippen LogP contribution in [0.25, 0.3) is 0 Å². The quantitative estimate of drug-likeness (QED) is 0.616. The Morgan fingerprint density at radius 2 is 1.65 bits per heavy atom. The van der Waals surface area contributed by atoms with Crippen LogP contribution in [0.1, 0.15) is 77.0 Å². The molecule has 0 aromatic heterocycles. The number of fused-ring (bicyclic) bond motifs is 1. The molecule has 0 spiro atoms. The van der Waals surface area contributed by atoms with E-state index in [1.807, 2.05) is 4.90 Å². The van der Waals surface area contributed by atoms with E-state index in [0.717, 1.165) is 6.54 Å². The van der Waals surface area contributed by atoms with Crippen LogP contribution < -0.4 is 5.73 Å². The van der Waals surface area contributed by atoms with E-state index in [4.69, 9.17) is 10.5 Å². The fraction of sp³-hybridized carbons (Fsp3) is 0.889. The van der Waals surface area contributed by atoms with E-state index in [1.165, 1.54) is 57.8 Å². The van der Waals surface area contributed by atoms with Gasteiger partial charge in [0.05, 0.1) is 30.1 Å². The minimum atomic E-state index is -1.09. The summed E-state index contributed by atoms with van der Waals surface area (Å²) in [7, 11) is 0. The van der Waals surface area contributed by atoms with E-state index in [0.29, 0.717) is 69.5 Å². The summed E-state index contributed by atoms with van der Waals surface area (Å²) >= 11 is 0. The largest absolute Gasteiger partial charge is 0.378 e. The van der Waals surface area contributed by atoms with E-state index in [-0.39, 0.29) is 12.3 Å². The van der Waals surface area contributed by atoms with Crippen LogP contribution in [0.15, 0.2) is 0 Å². The smallest absolute Gasteiger partial charge is 0.225 e. The van der Waals surface area contributed by atoms with Gasteiger partial charge >= 0.3 is 0 Å². The molecule has 2 saturated heterocycles. The molecule has 7 nitrogen and oxygen atoms in total. The van der Waals surface area contributed by atoms with Crippen LogP contribution in [0.3, 0.4) is 0 Å². The summed E-state index contributed by atoms with van der Waals surface area (Å²) in [5.74, 6) is 1.28. The fourth-order valence-corrected chi connectivity index (χ4v) is 8.07. The number of morpholine rings is 1. The van der Waals surface area contributed by atoms with Crippen molar-refractivity contribution in [1.29, 1.82) is 5.26 Å². The molecule has 188 valence electrons. The standard InChI is InChI=1S/C27H42N4O3/c28-18-26(10-11-31(19-26)20-6-2-1-3-7-20)27(25(29)33,16-23-21-8-4-5-9-22(21)23)17-24(32)30-12-14-34-15-13-30/h20-23H,1-17,19H2,(H2,29,33). The number of hydrogen-bond donors (Lipinski definition) is 1. The van der Waals surface area contributed by atoms with Gasteiger partial charge in [0, 0.05) is 38.6 Å². The maximum atomic E-state index is 13.6. The summed E-state index contributed by atoms with van der Waals surface area (Å²) in [6.07, 6.45) is 12.4. The van der Waals surface area contributed by atoms with Crippen molar-refractivity contribution in [2.75, 3.05) is 39.4 Å². The second-order valence-electron chi connectivity index (χ2n) is 11.8. The first-order valence-electron chi connectivity index (χ1n) is 13.8. The van der Waals surface area contributed by atoms with Gasteiger partial charge in [-0.1, -0.05) is 32.1 Å². The van der Waals surface area contributed by atoms with Crippen LogP contribution in [0, 0.1) is 39.9 Å². The van der Waals surface area contributed by atoms with E-state index in [1.54, 1.807) is 0 Å². The number of rotatable bonds is 7. The molecule has 4 unspecified atom stereocenters. The number of carbonyl (C=O) groups is 2. The molecule has 0 aromatic rings. The minimum absolute atomic E-state index is 0.0311. The van der Waals surface area contributed by atoms with Gasteiger partial charge in [-0.05, 0) is 56.3 Å². The molecule has 5 fully saturated rings. The first-order chi connectivity index (χ1) is 16.5. The molecular formula is C27H42N4O3. The number of nitrogens with two attached hydrogens (primary N) is 1. The molecule has 2 N–H and O–H groups in total. The lowest BCUT2D eigenvalue weighted by Gasteiger charge is -2.44. The highest BCUT2D eigenvalue weighted by Gasteiger charge is 2.64. The van der Waals surface area contributed by atoms with Gasteiger partial charge < -0.3 is 15.4 Å². The average molecular weight is 471 g/mol. The number of primary amides is 1. The molecular weight excluding hydrogens is 428 g/mol. The topological polar surface area (TPSA) is 99.7 Å². The normalized spacial score (nSPS) is 36.3. The lowest BCUT2D eigenvalue weighted by atomic mass is 9.58. The van der Waals surface area contributed by atoms with Crippen LogP contribution in [-0.2, 0) is 14.3 Å². The summed E-state index contributed by atoms with van der Waals surface area (Å²) in [5.41, 5.74) is 4.30. The zero-order valence-corrected chi connectivity index (χ0v) is 20.7. The Hall–Kier alpha value is -1.65. The number of amides is 2. The average Bonchev–Trinajstić information content (AvgIpc) is 3.37. The summed E-state index contributed by atoms with van der Waals surface area (Å²) in [4.78, 5) is 31.3. The van der Waals surface area contributed by atoms with Crippen molar-refractivity contribution in [3.05, 3.63) is 0 Å². The lowest BCUT2D eigenvalue weighted by molar-refractivity contribution is -0.148. The molecule has 2 aliphatic heterocycles. The molecule has 0 bridgehead atoms. The maximum absolute atomic E-state index is 13.6. The number of nitriles is 1. The predicted octanol–water partition coefficient (Wildman–Crippen LogP) is 3.08. The molecule has 3 saturated carbocycles. The zero-order chi connectivity index (χ0) is 23.8. The van der Waals surface area contributed by atoms with Gasteiger partial charge in [0.2, 0.25) is 11.8 Å². The van der Waals surface area contributed by atoms with Crippen LogP contribution in [0.2, 0.25) is 0 Å². The molecule has 4 atom stereocenters. The van der Waals surface area contributed by atoms with Crippen molar-refractivity contribution in [1.82, 2.24) is 9.80 Å². The second-order valence-corrected chi connectivity index (χ2v) is 11.8. The number of nitrogens with zero attached hydrogens (tertiary/aromatic N) is 3. The maximum Gasteiger partial charge on any atom is 0.225 e. The number of carbonyl (C=O) groups excluding carboxylic acids is 2. The van der Waals surface area contributed by atoms with Crippen LogP contribution >= 0.6 is 0 Å². The Balaban J connectivity index is 1.44. The second kappa shape index (κ2) is 9.78. The van der Waals surface area contributed by atoms with Crippen molar-refractivity contribution in [2.45, 2.75) is 83.1 Å². The highest BCUT2D eigenvalue weighted by Crippen LogP contribution is 2.63. The molecule has 5 aliphatic rings. The third-order valence-corrected chi connectivity index (χ3v) is 10.2. The van der Waals surface area contributed by atoms with Gasteiger partial charge in [-0.15, -0.1) is 0 Å². The van der Waals surface area contributed by atoms with Crippen molar-refractivity contribution in [3.63, 3.8) is 0 Å². The minimum Gasteiger partial charge on any atom is -0.378 e. The molecule has 5 rings (SSSR count). The number of ether oxygens (including phenoxy) is 1. The van der Waals surface area contributed by atoms with Crippen LogP contribution in [0.5, 0.6) is 0 Å². The molecule has 0 aromatic carbocycles. The Morgan fingerprint density at radius 3 is 2.26 bits per heavy atom. The Bertz CT molecular complexity index is 803. The monoisotopic (exact) mass is 470 g/mol. The van der Waals surface area contributed by atoms with Crippen LogP contribution in [-0.4, -0.2) is 67.0 Å². The lowest BCUT2D eigenvalue weighted by Crippen LogP contribution is -2.55. The van der Waals surface area contributed by atoms with E-state index in [2.05, 4.69) is 11.0 Å².